The topological polar surface area (TPSA) is 81.2 Å². The second-order valence-electron chi connectivity index (χ2n) is 3.88. The first-order chi connectivity index (χ1) is 8.56. The van der Waals surface area contributed by atoms with E-state index in [4.69, 9.17) is 5.73 Å². The van der Waals surface area contributed by atoms with Gasteiger partial charge in [-0.05, 0) is 6.42 Å². The van der Waals surface area contributed by atoms with E-state index in [-0.39, 0.29) is 4.90 Å². The van der Waals surface area contributed by atoms with Gasteiger partial charge in [-0.25, -0.2) is 8.42 Å². The third-order valence-corrected chi connectivity index (χ3v) is 4.23. The van der Waals surface area contributed by atoms with Crippen molar-refractivity contribution in [2.24, 2.45) is 5.73 Å². The number of aromatic nitrogens is 2. The molecule has 0 saturated heterocycles. The Morgan fingerprint density at radius 3 is 2.89 bits per heavy atom. The van der Waals surface area contributed by atoms with Crippen LogP contribution in [0.4, 0.5) is 0 Å². The summed E-state index contributed by atoms with van der Waals surface area (Å²) in [6.07, 6.45) is 5.20. The van der Waals surface area contributed by atoms with Gasteiger partial charge in [0.15, 0.2) is 0 Å². The van der Waals surface area contributed by atoms with Crippen LogP contribution in [0.25, 0.3) is 0 Å². The molecule has 18 heavy (non-hydrogen) atoms. The van der Waals surface area contributed by atoms with Gasteiger partial charge in [0.1, 0.15) is 4.90 Å². The van der Waals surface area contributed by atoms with Crippen molar-refractivity contribution in [2.75, 3.05) is 19.6 Å². The fourth-order valence-electron chi connectivity index (χ4n) is 1.58. The molecule has 1 rings (SSSR count). The van der Waals surface area contributed by atoms with Crippen LogP contribution in [0.5, 0.6) is 0 Å². The molecule has 1 aromatic heterocycles. The molecular weight excluding hydrogens is 252 g/mol. The van der Waals surface area contributed by atoms with Crippen LogP contribution in [0.2, 0.25) is 0 Å². The summed E-state index contributed by atoms with van der Waals surface area (Å²) < 4.78 is 27.6. The predicted molar refractivity (Wildman–Crippen MR) is 70.5 cm³/mol. The molecule has 0 aromatic carbocycles. The number of hydrogen-bond acceptors (Lipinski definition) is 4. The first kappa shape index (κ1) is 14.9. The zero-order valence-corrected chi connectivity index (χ0v) is 11.4. The van der Waals surface area contributed by atoms with Gasteiger partial charge in [0.05, 0.1) is 12.7 Å². The number of nitrogens with zero attached hydrogens (tertiary/aromatic N) is 3. The van der Waals surface area contributed by atoms with Gasteiger partial charge in [-0.1, -0.05) is 13.0 Å². The molecule has 102 valence electrons. The Labute approximate surface area is 108 Å². The molecule has 0 fully saturated rings. The van der Waals surface area contributed by atoms with Crippen molar-refractivity contribution in [1.82, 2.24) is 14.1 Å². The smallest absolute Gasteiger partial charge is 0.246 e. The van der Waals surface area contributed by atoms with Crippen LogP contribution < -0.4 is 5.73 Å². The second kappa shape index (κ2) is 6.67. The van der Waals surface area contributed by atoms with Crippen LogP contribution in [0, 0.1) is 0 Å². The molecule has 2 N–H and O–H groups in total. The van der Waals surface area contributed by atoms with Crippen LogP contribution in [0.15, 0.2) is 29.9 Å². The number of rotatable bonds is 8. The molecule has 0 aliphatic heterocycles. The standard InChI is InChI=1S/C11H20N4O2S/c1-3-6-15(7-4-2)18(16,17)11-9-13-14(10-11)8-5-12/h3,9-10H,1,4-8,12H2,2H3. The predicted octanol–water partition coefficient (Wildman–Crippen LogP) is 0.429. The van der Waals surface area contributed by atoms with Gasteiger partial charge >= 0.3 is 0 Å². The van der Waals surface area contributed by atoms with Gasteiger partial charge in [-0.2, -0.15) is 9.40 Å². The number of hydrogen-bond donors (Lipinski definition) is 1. The summed E-state index contributed by atoms with van der Waals surface area (Å²) in [5.74, 6) is 0. The Balaban J connectivity index is 2.97. The molecule has 6 nitrogen and oxygen atoms in total. The molecule has 0 atom stereocenters. The first-order valence-electron chi connectivity index (χ1n) is 5.89. The Bertz CT molecular complexity index is 481. The normalized spacial score (nSPS) is 11.9. The summed E-state index contributed by atoms with van der Waals surface area (Å²) >= 11 is 0. The van der Waals surface area contributed by atoms with Gasteiger partial charge in [0.25, 0.3) is 0 Å². The Morgan fingerprint density at radius 2 is 2.33 bits per heavy atom. The lowest BCUT2D eigenvalue weighted by Gasteiger charge is -2.18. The summed E-state index contributed by atoms with van der Waals surface area (Å²) in [6, 6.07) is 0. The lowest BCUT2D eigenvalue weighted by atomic mass is 10.5. The zero-order chi connectivity index (χ0) is 13.6. The highest BCUT2D eigenvalue weighted by Crippen LogP contribution is 2.15. The molecule has 1 heterocycles. The molecule has 1 aromatic rings. The second-order valence-corrected chi connectivity index (χ2v) is 5.82. The van der Waals surface area contributed by atoms with E-state index in [0.717, 1.165) is 6.42 Å². The minimum atomic E-state index is -3.48. The molecule has 0 aliphatic rings. The highest BCUT2D eigenvalue weighted by Gasteiger charge is 2.24. The first-order valence-corrected chi connectivity index (χ1v) is 7.33. The van der Waals surface area contributed by atoms with Gasteiger partial charge in [-0.3, -0.25) is 4.68 Å². The Hall–Kier alpha value is -1.18. The van der Waals surface area contributed by atoms with Gasteiger partial charge in [-0.15, -0.1) is 6.58 Å². The maximum Gasteiger partial charge on any atom is 0.246 e. The Kier molecular flexibility index (Phi) is 5.52. The average Bonchev–Trinajstić information content (AvgIpc) is 2.78. The van der Waals surface area contributed by atoms with Crippen molar-refractivity contribution >= 4 is 10.0 Å². The third kappa shape index (κ3) is 3.41. The maximum absolute atomic E-state index is 12.3. The van der Waals surface area contributed by atoms with Crippen LogP contribution in [-0.2, 0) is 16.6 Å². The van der Waals surface area contributed by atoms with E-state index < -0.39 is 10.0 Å². The van der Waals surface area contributed by atoms with E-state index in [0.29, 0.717) is 26.2 Å². The third-order valence-electron chi connectivity index (χ3n) is 2.41. The number of sulfonamides is 1. The van der Waals surface area contributed by atoms with Crippen LogP contribution in [0.1, 0.15) is 13.3 Å². The van der Waals surface area contributed by atoms with Crippen LogP contribution in [-0.4, -0.2) is 42.1 Å². The molecule has 0 amide bonds. The van der Waals surface area contributed by atoms with Gasteiger partial charge in [0, 0.05) is 25.8 Å². The average molecular weight is 272 g/mol. The zero-order valence-electron chi connectivity index (χ0n) is 10.6. The Morgan fingerprint density at radius 1 is 1.61 bits per heavy atom. The minimum absolute atomic E-state index is 0.200. The van der Waals surface area contributed by atoms with Crippen molar-refractivity contribution in [3.63, 3.8) is 0 Å². The fourth-order valence-corrected chi connectivity index (χ4v) is 3.04. The largest absolute Gasteiger partial charge is 0.329 e. The lowest BCUT2D eigenvalue weighted by Crippen LogP contribution is -2.31. The molecule has 0 radical (unpaired) electrons. The highest BCUT2D eigenvalue weighted by atomic mass is 32.2. The van der Waals surface area contributed by atoms with Crippen molar-refractivity contribution in [2.45, 2.75) is 24.8 Å². The molecule has 0 unspecified atom stereocenters. The summed E-state index contributed by atoms with van der Waals surface area (Å²) in [5.41, 5.74) is 5.40. The van der Waals surface area contributed by atoms with Gasteiger partial charge < -0.3 is 5.73 Å². The van der Waals surface area contributed by atoms with E-state index in [1.807, 2.05) is 6.92 Å². The van der Waals surface area contributed by atoms with Crippen molar-refractivity contribution in [1.29, 1.82) is 0 Å². The minimum Gasteiger partial charge on any atom is -0.329 e. The summed E-state index contributed by atoms with van der Waals surface area (Å²) in [6.45, 7) is 7.22. The van der Waals surface area contributed by atoms with Crippen molar-refractivity contribution < 1.29 is 8.42 Å². The fraction of sp³-hybridized carbons (Fsp3) is 0.545. The summed E-state index contributed by atoms with van der Waals surface area (Å²) in [5, 5.41) is 3.98. The van der Waals surface area contributed by atoms with Crippen molar-refractivity contribution in [3.8, 4) is 0 Å². The molecule has 7 heteroatoms. The quantitative estimate of drug-likeness (QED) is 0.696. The van der Waals surface area contributed by atoms with E-state index in [1.54, 1.807) is 6.08 Å². The molecule has 0 aliphatic carbocycles. The maximum atomic E-state index is 12.3. The van der Waals surface area contributed by atoms with Crippen LogP contribution >= 0.6 is 0 Å². The SMILES string of the molecule is C=CCN(CCC)S(=O)(=O)c1cnn(CCN)c1. The van der Waals surface area contributed by atoms with E-state index in [1.165, 1.54) is 21.4 Å². The van der Waals surface area contributed by atoms with Crippen LogP contribution in [0.3, 0.4) is 0 Å². The highest BCUT2D eigenvalue weighted by molar-refractivity contribution is 7.89. The number of nitrogens with two attached hydrogens (primary N) is 1. The lowest BCUT2D eigenvalue weighted by molar-refractivity contribution is 0.441. The van der Waals surface area contributed by atoms with Crippen molar-refractivity contribution in [3.05, 3.63) is 25.0 Å². The molecule has 0 bridgehead atoms. The van der Waals surface area contributed by atoms with E-state index in [9.17, 15) is 8.42 Å². The monoisotopic (exact) mass is 272 g/mol. The van der Waals surface area contributed by atoms with Gasteiger partial charge in [0.2, 0.25) is 10.0 Å². The summed E-state index contributed by atoms with van der Waals surface area (Å²) in [7, 11) is -3.48. The summed E-state index contributed by atoms with van der Waals surface area (Å²) in [4.78, 5) is 0.200. The molecule has 0 saturated carbocycles. The molecule has 0 spiro atoms. The molecular formula is C11H20N4O2S. The van der Waals surface area contributed by atoms with E-state index >= 15 is 0 Å². The van der Waals surface area contributed by atoms with E-state index in [2.05, 4.69) is 11.7 Å².